The van der Waals surface area contributed by atoms with E-state index < -0.39 is 10.0 Å². The molecule has 0 saturated carbocycles. The van der Waals surface area contributed by atoms with Gasteiger partial charge in [-0.05, 0) is 30.3 Å². The van der Waals surface area contributed by atoms with Gasteiger partial charge < -0.3 is 10.1 Å². The summed E-state index contributed by atoms with van der Waals surface area (Å²) in [7, 11) is -3.93. The summed E-state index contributed by atoms with van der Waals surface area (Å²) in [5.41, 5.74) is 1.46. The Morgan fingerprint density at radius 1 is 0.848 bits per heavy atom. The molecule has 4 aromatic rings. The van der Waals surface area contributed by atoms with Crippen molar-refractivity contribution in [2.45, 2.75) is 11.8 Å². The third-order valence-electron chi connectivity index (χ3n) is 4.46. The number of ether oxygens (including phenoxy) is 1. The second-order valence-corrected chi connectivity index (χ2v) is 8.66. The van der Waals surface area contributed by atoms with Crippen LogP contribution in [-0.2, 0) is 14.8 Å². The highest BCUT2D eigenvalue weighted by Gasteiger charge is 2.18. The summed E-state index contributed by atoms with van der Waals surface area (Å²) in [4.78, 5) is 20.4. The molecular formula is C24H20N4O4S. The molecule has 1 aromatic heterocycles. The Morgan fingerprint density at radius 2 is 1.48 bits per heavy atom. The fourth-order valence-corrected chi connectivity index (χ4v) is 4.02. The molecule has 1 heterocycles. The quantitative estimate of drug-likeness (QED) is 0.414. The number of hydrogen-bond donors (Lipinski definition) is 2. The second-order valence-electron chi connectivity index (χ2n) is 6.98. The Kier molecular flexibility index (Phi) is 6.32. The average Bonchev–Trinajstić information content (AvgIpc) is 2.80. The fraction of sp³-hybridized carbons (Fsp3) is 0.0417. The van der Waals surface area contributed by atoms with E-state index in [1.54, 1.807) is 60.7 Å². The van der Waals surface area contributed by atoms with Crippen LogP contribution in [0.2, 0.25) is 0 Å². The molecule has 0 fully saturated rings. The SMILES string of the molecule is CC(=O)Nc1ccccc1-c1cc(Oc2ccccc2)nc(NS(=O)(=O)c2ccccc2)n1. The zero-order chi connectivity index (χ0) is 23.3. The molecule has 2 N–H and O–H groups in total. The van der Waals surface area contributed by atoms with Gasteiger partial charge in [-0.2, -0.15) is 4.98 Å². The first kappa shape index (κ1) is 22.0. The molecule has 0 atom stereocenters. The third kappa shape index (κ3) is 5.52. The van der Waals surface area contributed by atoms with E-state index >= 15 is 0 Å². The van der Waals surface area contributed by atoms with Gasteiger partial charge in [0.15, 0.2) is 0 Å². The molecule has 4 rings (SSSR count). The normalized spacial score (nSPS) is 10.9. The number of rotatable bonds is 7. The summed E-state index contributed by atoms with van der Waals surface area (Å²) in [6.07, 6.45) is 0. The van der Waals surface area contributed by atoms with Crippen LogP contribution < -0.4 is 14.8 Å². The monoisotopic (exact) mass is 460 g/mol. The van der Waals surface area contributed by atoms with E-state index in [-0.39, 0.29) is 22.6 Å². The maximum Gasteiger partial charge on any atom is 0.264 e. The summed E-state index contributed by atoms with van der Waals surface area (Å²) < 4.78 is 33.9. The van der Waals surface area contributed by atoms with Gasteiger partial charge in [0.2, 0.25) is 17.7 Å². The van der Waals surface area contributed by atoms with Crippen LogP contribution in [0.4, 0.5) is 11.6 Å². The number of aromatic nitrogens is 2. The van der Waals surface area contributed by atoms with E-state index in [1.165, 1.54) is 19.1 Å². The topological polar surface area (TPSA) is 110 Å². The highest BCUT2D eigenvalue weighted by atomic mass is 32.2. The van der Waals surface area contributed by atoms with Gasteiger partial charge in [-0.15, -0.1) is 0 Å². The molecule has 3 aromatic carbocycles. The van der Waals surface area contributed by atoms with Crippen molar-refractivity contribution < 1.29 is 17.9 Å². The van der Waals surface area contributed by atoms with Crippen molar-refractivity contribution in [2.75, 3.05) is 10.0 Å². The van der Waals surface area contributed by atoms with Crippen LogP contribution in [0.1, 0.15) is 6.92 Å². The third-order valence-corrected chi connectivity index (χ3v) is 5.81. The van der Waals surface area contributed by atoms with Gasteiger partial charge in [0.1, 0.15) is 5.75 Å². The molecule has 0 aliphatic carbocycles. The minimum Gasteiger partial charge on any atom is -0.439 e. The molecule has 0 spiro atoms. The molecule has 0 aliphatic heterocycles. The standard InChI is InChI=1S/C24H20N4O4S/c1-17(29)25-21-15-9-8-14-20(21)22-16-23(32-18-10-4-2-5-11-18)27-24(26-22)28-33(30,31)19-12-6-3-7-13-19/h2-16H,1H3,(H,25,29)(H,26,27,28). The zero-order valence-corrected chi connectivity index (χ0v) is 18.4. The van der Waals surface area contributed by atoms with E-state index in [0.29, 0.717) is 22.7 Å². The van der Waals surface area contributed by atoms with Crippen molar-refractivity contribution in [1.29, 1.82) is 0 Å². The number of carbonyl (C=O) groups excluding carboxylic acids is 1. The van der Waals surface area contributed by atoms with E-state index in [9.17, 15) is 13.2 Å². The number of anilines is 2. The predicted octanol–water partition coefficient (Wildman–Crippen LogP) is 4.70. The highest BCUT2D eigenvalue weighted by Crippen LogP contribution is 2.31. The minimum absolute atomic E-state index is 0.0724. The van der Waals surface area contributed by atoms with Gasteiger partial charge in [0.05, 0.1) is 16.3 Å². The van der Waals surface area contributed by atoms with Gasteiger partial charge in [-0.1, -0.05) is 54.6 Å². The van der Waals surface area contributed by atoms with Gasteiger partial charge in [-0.3, -0.25) is 4.79 Å². The highest BCUT2D eigenvalue weighted by molar-refractivity contribution is 7.92. The van der Waals surface area contributed by atoms with Crippen molar-refractivity contribution in [2.24, 2.45) is 0 Å². The molecule has 8 nitrogen and oxygen atoms in total. The zero-order valence-electron chi connectivity index (χ0n) is 17.6. The maximum absolute atomic E-state index is 12.8. The van der Waals surface area contributed by atoms with Crippen LogP contribution in [-0.4, -0.2) is 24.3 Å². The number of amides is 1. The van der Waals surface area contributed by atoms with E-state index in [0.717, 1.165) is 0 Å². The fourth-order valence-electron chi connectivity index (χ4n) is 3.05. The predicted molar refractivity (Wildman–Crippen MR) is 126 cm³/mol. The van der Waals surface area contributed by atoms with Crippen LogP contribution in [0, 0.1) is 0 Å². The molecule has 1 amide bonds. The molecule has 0 bridgehead atoms. The summed E-state index contributed by atoms with van der Waals surface area (Å²) >= 11 is 0. The number of para-hydroxylation sites is 2. The number of benzene rings is 3. The Labute approximate surface area is 191 Å². The van der Waals surface area contributed by atoms with Crippen molar-refractivity contribution in [3.63, 3.8) is 0 Å². The van der Waals surface area contributed by atoms with Crippen molar-refractivity contribution >= 4 is 27.6 Å². The number of nitrogens with zero attached hydrogens (tertiary/aromatic N) is 2. The Balaban J connectivity index is 1.79. The van der Waals surface area contributed by atoms with Crippen LogP contribution in [0.15, 0.2) is 95.9 Å². The molecule has 0 unspecified atom stereocenters. The molecule has 166 valence electrons. The van der Waals surface area contributed by atoms with Crippen LogP contribution in [0.5, 0.6) is 11.6 Å². The molecule has 0 aliphatic rings. The number of sulfonamides is 1. The van der Waals surface area contributed by atoms with Crippen LogP contribution in [0.25, 0.3) is 11.3 Å². The van der Waals surface area contributed by atoms with E-state index in [2.05, 4.69) is 20.0 Å². The van der Waals surface area contributed by atoms with Crippen molar-refractivity contribution in [1.82, 2.24) is 9.97 Å². The van der Waals surface area contributed by atoms with Crippen molar-refractivity contribution in [3.05, 3.63) is 91.0 Å². The maximum atomic E-state index is 12.8. The molecule has 33 heavy (non-hydrogen) atoms. The number of nitrogens with one attached hydrogen (secondary N) is 2. The lowest BCUT2D eigenvalue weighted by Crippen LogP contribution is -2.15. The van der Waals surface area contributed by atoms with E-state index in [4.69, 9.17) is 4.74 Å². The summed E-state index contributed by atoms with van der Waals surface area (Å²) in [6, 6.07) is 25.5. The average molecular weight is 461 g/mol. The number of hydrogen-bond acceptors (Lipinski definition) is 6. The van der Waals surface area contributed by atoms with Gasteiger partial charge in [0.25, 0.3) is 10.0 Å². The van der Waals surface area contributed by atoms with Gasteiger partial charge >= 0.3 is 0 Å². The Bertz CT molecular complexity index is 1380. The number of carbonyl (C=O) groups is 1. The largest absolute Gasteiger partial charge is 0.439 e. The first-order valence-corrected chi connectivity index (χ1v) is 11.5. The van der Waals surface area contributed by atoms with Gasteiger partial charge in [0, 0.05) is 18.6 Å². The summed E-state index contributed by atoms with van der Waals surface area (Å²) in [5, 5.41) is 2.76. The molecule has 0 saturated heterocycles. The van der Waals surface area contributed by atoms with E-state index in [1.807, 2.05) is 18.2 Å². The molecule has 9 heteroatoms. The first-order chi connectivity index (χ1) is 15.9. The van der Waals surface area contributed by atoms with Crippen LogP contribution >= 0.6 is 0 Å². The van der Waals surface area contributed by atoms with Crippen molar-refractivity contribution in [3.8, 4) is 22.9 Å². The lowest BCUT2D eigenvalue weighted by molar-refractivity contribution is -0.114. The molecular weight excluding hydrogens is 440 g/mol. The second kappa shape index (κ2) is 9.49. The minimum atomic E-state index is -3.93. The first-order valence-electron chi connectivity index (χ1n) is 9.97. The Morgan fingerprint density at radius 3 is 2.18 bits per heavy atom. The van der Waals surface area contributed by atoms with Gasteiger partial charge in [-0.25, -0.2) is 18.1 Å². The summed E-state index contributed by atoms with van der Waals surface area (Å²) in [5.74, 6) is 0.242. The lowest BCUT2D eigenvalue weighted by atomic mass is 10.1. The lowest BCUT2D eigenvalue weighted by Gasteiger charge is -2.13. The molecule has 0 radical (unpaired) electrons. The Hall–Kier alpha value is -4.24. The summed E-state index contributed by atoms with van der Waals surface area (Å²) in [6.45, 7) is 1.40. The van der Waals surface area contributed by atoms with Crippen LogP contribution in [0.3, 0.4) is 0 Å². The smallest absolute Gasteiger partial charge is 0.264 e.